The molecule has 0 radical (unpaired) electrons. The highest BCUT2D eigenvalue weighted by Crippen LogP contribution is 2.37. The fraction of sp³-hybridized carbons (Fsp3) is 0.333. The van der Waals surface area contributed by atoms with Crippen molar-refractivity contribution < 1.29 is 5.11 Å². The normalized spacial score (nSPS) is 17.3. The lowest BCUT2D eigenvalue weighted by molar-refractivity contribution is 0.266. The molecule has 1 aromatic heterocycles. The summed E-state index contributed by atoms with van der Waals surface area (Å²) >= 11 is 0. The maximum atomic E-state index is 9.22. The van der Waals surface area contributed by atoms with Crippen LogP contribution in [0.4, 0.5) is 5.82 Å². The minimum absolute atomic E-state index is 0.142. The zero-order valence-corrected chi connectivity index (χ0v) is 8.85. The van der Waals surface area contributed by atoms with E-state index in [1.165, 1.54) is 0 Å². The van der Waals surface area contributed by atoms with Crippen molar-refractivity contribution in [2.45, 2.75) is 18.4 Å². The minimum atomic E-state index is -0.142. The number of hydrogen-bond donors (Lipinski definition) is 2. The average molecular weight is 215 g/mol. The Kier molecular flexibility index (Phi) is 2.04. The lowest BCUT2D eigenvalue weighted by Gasteiger charge is -2.14. The van der Waals surface area contributed by atoms with Crippen molar-refractivity contribution in [1.82, 2.24) is 9.97 Å². The lowest BCUT2D eigenvalue weighted by atomic mass is 10.3. The maximum Gasteiger partial charge on any atom is 0.145 e. The van der Waals surface area contributed by atoms with Crippen LogP contribution in [0.1, 0.15) is 12.8 Å². The highest BCUT2D eigenvalue weighted by molar-refractivity contribution is 5.75. The van der Waals surface area contributed by atoms with Crippen molar-refractivity contribution in [1.29, 1.82) is 0 Å². The predicted molar refractivity (Wildman–Crippen MR) is 62.2 cm³/mol. The molecule has 0 aliphatic heterocycles. The average Bonchev–Trinajstić information content (AvgIpc) is 3.09. The van der Waals surface area contributed by atoms with Crippen LogP contribution in [0.15, 0.2) is 30.5 Å². The topological polar surface area (TPSA) is 58.0 Å². The summed E-state index contributed by atoms with van der Waals surface area (Å²) in [6, 6.07) is 7.76. The molecule has 4 nitrogen and oxygen atoms in total. The second kappa shape index (κ2) is 3.42. The first-order valence-electron chi connectivity index (χ1n) is 5.42. The van der Waals surface area contributed by atoms with E-state index >= 15 is 0 Å². The first-order chi connectivity index (χ1) is 7.81. The Morgan fingerprint density at radius 1 is 1.25 bits per heavy atom. The van der Waals surface area contributed by atoms with Crippen LogP contribution in [0.5, 0.6) is 0 Å². The van der Waals surface area contributed by atoms with Crippen molar-refractivity contribution >= 4 is 16.9 Å². The molecule has 0 bridgehead atoms. The molecule has 82 valence electrons. The number of aliphatic hydroxyl groups excluding tert-OH is 1. The largest absolute Gasteiger partial charge is 0.394 e. The van der Waals surface area contributed by atoms with E-state index in [0.29, 0.717) is 0 Å². The predicted octanol–water partition coefficient (Wildman–Crippen LogP) is 1.57. The molecule has 1 saturated carbocycles. The van der Waals surface area contributed by atoms with Crippen molar-refractivity contribution in [3.63, 3.8) is 0 Å². The molecule has 0 amide bonds. The van der Waals surface area contributed by atoms with Crippen LogP contribution < -0.4 is 5.32 Å². The summed E-state index contributed by atoms with van der Waals surface area (Å²) in [5.74, 6) is 0.741. The van der Waals surface area contributed by atoms with Crippen LogP contribution in [0.3, 0.4) is 0 Å². The van der Waals surface area contributed by atoms with Gasteiger partial charge in [0.2, 0.25) is 0 Å². The summed E-state index contributed by atoms with van der Waals surface area (Å²) in [6.07, 6.45) is 3.72. The SMILES string of the molecule is OCC1(Nc2cnc3ccccc3n2)CC1. The van der Waals surface area contributed by atoms with E-state index in [9.17, 15) is 5.11 Å². The molecule has 0 spiro atoms. The lowest BCUT2D eigenvalue weighted by Crippen LogP contribution is -2.26. The second-order valence-corrected chi connectivity index (χ2v) is 4.31. The van der Waals surface area contributed by atoms with Crippen molar-refractivity contribution in [2.75, 3.05) is 11.9 Å². The Labute approximate surface area is 93.4 Å². The number of rotatable bonds is 3. The monoisotopic (exact) mass is 215 g/mol. The first-order valence-corrected chi connectivity index (χ1v) is 5.42. The van der Waals surface area contributed by atoms with Gasteiger partial charge in [-0.25, -0.2) is 4.98 Å². The van der Waals surface area contributed by atoms with Crippen LogP contribution in [-0.4, -0.2) is 27.2 Å². The fourth-order valence-electron chi connectivity index (χ4n) is 1.76. The number of fused-ring (bicyclic) bond motifs is 1. The third kappa shape index (κ3) is 1.61. The number of aromatic nitrogens is 2. The van der Waals surface area contributed by atoms with Gasteiger partial charge in [0.25, 0.3) is 0 Å². The molecule has 2 aromatic rings. The van der Waals surface area contributed by atoms with Crippen molar-refractivity contribution in [3.8, 4) is 0 Å². The fourth-order valence-corrected chi connectivity index (χ4v) is 1.76. The molecule has 1 aliphatic rings. The van der Waals surface area contributed by atoms with Crippen LogP contribution in [0.25, 0.3) is 11.0 Å². The highest BCUT2D eigenvalue weighted by atomic mass is 16.3. The Hall–Kier alpha value is -1.68. The molecular formula is C12H13N3O. The Morgan fingerprint density at radius 2 is 2.00 bits per heavy atom. The number of nitrogens with one attached hydrogen (secondary N) is 1. The summed E-state index contributed by atoms with van der Waals surface area (Å²) in [6.45, 7) is 0.154. The smallest absolute Gasteiger partial charge is 0.145 e. The molecule has 2 N–H and O–H groups in total. The van der Waals surface area contributed by atoms with E-state index in [4.69, 9.17) is 0 Å². The molecule has 3 rings (SSSR count). The van der Waals surface area contributed by atoms with E-state index in [1.54, 1.807) is 6.20 Å². The van der Waals surface area contributed by atoms with Gasteiger partial charge in [0.1, 0.15) is 5.82 Å². The molecule has 1 fully saturated rings. The summed E-state index contributed by atoms with van der Waals surface area (Å²) in [4.78, 5) is 8.78. The van der Waals surface area contributed by atoms with E-state index in [0.717, 1.165) is 29.7 Å². The van der Waals surface area contributed by atoms with Crippen molar-refractivity contribution in [3.05, 3.63) is 30.5 Å². The summed E-state index contributed by atoms with van der Waals surface area (Å²) in [7, 11) is 0. The molecule has 1 aliphatic carbocycles. The number of nitrogens with zero attached hydrogens (tertiary/aromatic N) is 2. The quantitative estimate of drug-likeness (QED) is 0.816. The third-order valence-corrected chi connectivity index (χ3v) is 3.00. The number of para-hydroxylation sites is 2. The van der Waals surface area contributed by atoms with Crippen LogP contribution in [-0.2, 0) is 0 Å². The summed E-state index contributed by atoms with van der Waals surface area (Å²) < 4.78 is 0. The molecule has 1 heterocycles. The molecule has 4 heteroatoms. The van der Waals surface area contributed by atoms with Gasteiger partial charge in [0.05, 0.1) is 29.4 Å². The van der Waals surface area contributed by atoms with Crippen LogP contribution in [0, 0.1) is 0 Å². The zero-order valence-electron chi connectivity index (χ0n) is 8.85. The molecule has 0 unspecified atom stereocenters. The van der Waals surface area contributed by atoms with Gasteiger partial charge in [-0.1, -0.05) is 12.1 Å². The molecule has 0 atom stereocenters. The van der Waals surface area contributed by atoms with Crippen LogP contribution >= 0.6 is 0 Å². The van der Waals surface area contributed by atoms with Gasteiger partial charge in [0.15, 0.2) is 0 Å². The van der Waals surface area contributed by atoms with Gasteiger partial charge < -0.3 is 10.4 Å². The van der Waals surface area contributed by atoms with Gasteiger partial charge in [-0.3, -0.25) is 4.98 Å². The van der Waals surface area contributed by atoms with Gasteiger partial charge in [-0.05, 0) is 25.0 Å². The van der Waals surface area contributed by atoms with E-state index in [-0.39, 0.29) is 12.1 Å². The van der Waals surface area contributed by atoms with Gasteiger partial charge in [0, 0.05) is 0 Å². The molecule has 0 saturated heterocycles. The van der Waals surface area contributed by atoms with Gasteiger partial charge in [-0.15, -0.1) is 0 Å². The van der Waals surface area contributed by atoms with Gasteiger partial charge in [-0.2, -0.15) is 0 Å². The zero-order chi connectivity index (χ0) is 11.0. The van der Waals surface area contributed by atoms with E-state index in [1.807, 2.05) is 24.3 Å². The standard InChI is InChI=1S/C12H13N3O/c16-8-12(5-6-12)15-11-7-13-9-3-1-2-4-10(9)14-11/h1-4,7,16H,5-6,8H2,(H,14,15). The Balaban J connectivity index is 1.93. The maximum absolute atomic E-state index is 9.22. The van der Waals surface area contributed by atoms with Gasteiger partial charge >= 0.3 is 0 Å². The first kappa shape index (κ1) is 9.54. The molecule has 16 heavy (non-hydrogen) atoms. The molecule has 1 aromatic carbocycles. The van der Waals surface area contributed by atoms with E-state index < -0.39 is 0 Å². The summed E-state index contributed by atoms with van der Waals surface area (Å²) in [5.41, 5.74) is 1.63. The highest BCUT2D eigenvalue weighted by Gasteiger charge is 2.42. The van der Waals surface area contributed by atoms with Crippen LogP contribution in [0.2, 0.25) is 0 Å². The summed E-state index contributed by atoms with van der Waals surface area (Å²) in [5, 5.41) is 12.5. The molecular weight excluding hydrogens is 202 g/mol. The Morgan fingerprint density at radius 3 is 2.69 bits per heavy atom. The number of aliphatic hydroxyl groups is 1. The minimum Gasteiger partial charge on any atom is -0.394 e. The van der Waals surface area contributed by atoms with E-state index in [2.05, 4.69) is 15.3 Å². The Bertz CT molecular complexity index is 522. The van der Waals surface area contributed by atoms with Crippen molar-refractivity contribution in [2.24, 2.45) is 0 Å². The number of hydrogen-bond acceptors (Lipinski definition) is 4. The third-order valence-electron chi connectivity index (χ3n) is 3.00. The number of anilines is 1. The second-order valence-electron chi connectivity index (χ2n) is 4.31. The number of benzene rings is 1.